The van der Waals surface area contributed by atoms with Crippen LogP contribution in [0.3, 0.4) is 0 Å². The minimum atomic E-state index is -0.932. The molecule has 0 spiro atoms. The van der Waals surface area contributed by atoms with E-state index in [-0.39, 0.29) is 24.2 Å². The molecule has 23 heavy (non-hydrogen) atoms. The largest absolute Gasteiger partial charge is 0.510 e. The number of hydrogen-bond donors (Lipinski definition) is 2. The van der Waals surface area contributed by atoms with Crippen molar-refractivity contribution in [2.45, 2.75) is 19.9 Å². The first-order chi connectivity index (χ1) is 10.9. The highest BCUT2D eigenvalue weighted by atomic mass is 32.1. The van der Waals surface area contributed by atoms with Crippen LogP contribution in [0.4, 0.5) is 8.78 Å². The molecule has 0 aliphatic carbocycles. The minimum Gasteiger partial charge on any atom is -0.510 e. The number of amidine groups is 1. The van der Waals surface area contributed by atoms with Crippen molar-refractivity contribution in [3.63, 3.8) is 0 Å². The second-order valence-corrected chi connectivity index (χ2v) is 6.42. The lowest BCUT2D eigenvalue weighted by molar-refractivity contribution is 0.318. The third-order valence-electron chi connectivity index (χ3n) is 3.69. The Morgan fingerprint density at radius 1 is 1.30 bits per heavy atom. The van der Waals surface area contributed by atoms with Crippen molar-refractivity contribution in [3.05, 3.63) is 46.0 Å². The molecular weight excluding hydrogens is 320 g/mol. The summed E-state index contributed by atoms with van der Waals surface area (Å²) in [6, 6.07) is 3.68. The molecule has 0 saturated heterocycles. The predicted octanol–water partition coefficient (Wildman–Crippen LogP) is 4.06. The summed E-state index contributed by atoms with van der Waals surface area (Å²) in [5.41, 5.74) is 1.34. The van der Waals surface area contributed by atoms with Gasteiger partial charge < -0.3 is 10.0 Å². The number of aliphatic hydroxyl groups is 1. The lowest BCUT2D eigenvalue weighted by Gasteiger charge is -2.22. The molecule has 0 radical (unpaired) electrons. The van der Waals surface area contributed by atoms with Gasteiger partial charge in [-0.05, 0) is 32.0 Å². The van der Waals surface area contributed by atoms with Crippen LogP contribution in [0.25, 0.3) is 16.8 Å². The number of aromatic nitrogens is 1. The molecule has 0 atom stereocenters. The van der Waals surface area contributed by atoms with Crippen molar-refractivity contribution in [2.75, 3.05) is 6.54 Å². The van der Waals surface area contributed by atoms with Crippen LogP contribution >= 0.6 is 11.3 Å². The van der Waals surface area contributed by atoms with Gasteiger partial charge in [-0.1, -0.05) is 0 Å². The Morgan fingerprint density at radius 2 is 2.04 bits per heavy atom. The summed E-state index contributed by atoms with van der Waals surface area (Å²) < 4.78 is 26.4. The average molecular weight is 335 g/mol. The van der Waals surface area contributed by atoms with Crippen molar-refractivity contribution in [2.24, 2.45) is 0 Å². The summed E-state index contributed by atoms with van der Waals surface area (Å²) in [6.45, 7) is 4.17. The van der Waals surface area contributed by atoms with E-state index in [1.807, 2.05) is 13.8 Å². The molecule has 1 aliphatic heterocycles. The first-order valence-electron chi connectivity index (χ1n) is 7.07. The molecule has 0 amide bonds. The zero-order chi connectivity index (χ0) is 16.7. The molecule has 0 bridgehead atoms. The SMILES string of the molecule is CC(C)N1CC(O)=C(c2nc(-c3ccc(F)c(F)c3)cs2)C1=N. The van der Waals surface area contributed by atoms with E-state index in [9.17, 15) is 13.9 Å². The molecule has 0 saturated carbocycles. The van der Waals surface area contributed by atoms with Gasteiger partial charge in [-0.15, -0.1) is 11.3 Å². The summed E-state index contributed by atoms with van der Waals surface area (Å²) >= 11 is 1.26. The van der Waals surface area contributed by atoms with E-state index in [1.165, 1.54) is 17.4 Å². The highest BCUT2D eigenvalue weighted by molar-refractivity contribution is 7.11. The third kappa shape index (κ3) is 2.72. The van der Waals surface area contributed by atoms with Gasteiger partial charge in [-0.3, -0.25) is 5.41 Å². The molecule has 1 aromatic carbocycles. The van der Waals surface area contributed by atoms with Gasteiger partial charge in [-0.2, -0.15) is 0 Å². The van der Waals surface area contributed by atoms with Gasteiger partial charge in [0, 0.05) is 17.0 Å². The van der Waals surface area contributed by atoms with E-state index in [0.29, 0.717) is 21.8 Å². The molecule has 0 fully saturated rings. The Morgan fingerprint density at radius 3 is 2.65 bits per heavy atom. The predicted molar refractivity (Wildman–Crippen MR) is 86.6 cm³/mol. The lowest BCUT2D eigenvalue weighted by atomic mass is 10.1. The van der Waals surface area contributed by atoms with Gasteiger partial charge >= 0.3 is 0 Å². The highest BCUT2D eigenvalue weighted by Crippen LogP contribution is 2.33. The second-order valence-electron chi connectivity index (χ2n) is 5.56. The molecule has 4 nitrogen and oxygen atoms in total. The Labute approximate surface area is 136 Å². The molecular formula is C16H15F2N3OS. The maximum atomic E-state index is 13.3. The summed E-state index contributed by atoms with van der Waals surface area (Å²) in [4.78, 5) is 6.14. The fourth-order valence-corrected chi connectivity index (χ4v) is 3.34. The second kappa shape index (κ2) is 5.73. The lowest BCUT2D eigenvalue weighted by Crippen LogP contribution is -2.33. The van der Waals surface area contributed by atoms with Crippen molar-refractivity contribution < 1.29 is 13.9 Å². The number of nitrogens with one attached hydrogen (secondary N) is 1. The van der Waals surface area contributed by atoms with Gasteiger partial charge in [0.2, 0.25) is 0 Å². The average Bonchev–Trinajstić information content (AvgIpc) is 3.07. The fraction of sp³-hybridized carbons (Fsp3) is 0.250. The number of hydrogen-bond acceptors (Lipinski definition) is 4. The first-order valence-corrected chi connectivity index (χ1v) is 7.95. The smallest absolute Gasteiger partial charge is 0.159 e. The van der Waals surface area contributed by atoms with Crippen LogP contribution in [-0.2, 0) is 0 Å². The van der Waals surface area contributed by atoms with Crippen LogP contribution in [0.2, 0.25) is 0 Å². The summed E-state index contributed by atoms with van der Waals surface area (Å²) in [5, 5.41) is 20.5. The monoisotopic (exact) mass is 335 g/mol. The summed E-state index contributed by atoms with van der Waals surface area (Å²) in [5.74, 6) is -1.51. The van der Waals surface area contributed by atoms with Crippen molar-refractivity contribution in [3.8, 4) is 11.3 Å². The standard InChI is InChI=1S/C16H15F2N3OS/c1-8(2)21-6-13(22)14(15(21)19)16-20-12(7-23-16)9-3-4-10(17)11(18)5-9/h3-5,7-8,19,22H,6H2,1-2H3. The molecule has 1 aliphatic rings. The van der Waals surface area contributed by atoms with E-state index < -0.39 is 11.6 Å². The van der Waals surface area contributed by atoms with Crippen LogP contribution in [0.5, 0.6) is 0 Å². The zero-order valence-corrected chi connectivity index (χ0v) is 13.4. The van der Waals surface area contributed by atoms with E-state index in [1.54, 1.807) is 10.3 Å². The van der Waals surface area contributed by atoms with Gasteiger partial charge in [0.05, 0.1) is 17.8 Å². The number of thiazole rings is 1. The number of aliphatic hydroxyl groups excluding tert-OH is 1. The van der Waals surface area contributed by atoms with Crippen molar-refractivity contribution >= 4 is 22.7 Å². The minimum absolute atomic E-state index is 0.0905. The van der Waals surface area contributed by atoms with Crippen LogP contribution in [0, 0.1) is 17.0 Å². The molecule has 3 rings (SSSR count). The topological polar surface area (TPSA) is 60.2 Å². The van der Waals surface area contributed by atoms with E-state index in [0.717, 1.165) is 12.1 Å². The molecule has 2 heterocycles. The summed E-state index contributed by atoms with van der Waals surface area (Å²) in [6.07, 6.45) is 0. The molecule has 0 unspecified atom stereocenters. The third-order valence-corrected chi connectivity index (χ3v) is 4.55. The quantitative estimate of drug-likeness (QED) is 0.889. The van der Waals surface area contributed by atoms with Gasteiger partial charge in [0.15, 0.2) is 11.6 Å². The zero-order valence-electron chi connectivity index (χ0n) is 12.6. The molecule has 2 N–H and O–H groups in total. The highest BCUT2D eigenvalue weighted by Gasteiger charge is 2.31. The van der Waals surface area contributed by atoms with Gasteiger partial charge in [0.1, 0.15) is 16.6 Å². The maximum absolute atomic E-state index is 13.3. The number of nitrogens with zero attached hydrogens (tertiary/aromatic N) is 2. The normalized spacial score (nSPS) is 15.2. The van der Waals surface area contributed by atoms with Gasteiger partial charge in [-0.25, -0.2) is 13.8 Å². The van der Waals surface area contributed by atoms with E-state index >= 15 is 0 Å². The number of benzene rings is 1. The van der Waals surface area contributed by atoms with Crippen LogP contribution in [0.1, 0.15) is 18.9 Å². The molecule has 7 heteroatoms. The van der Waals surface area contributed by atoms with Crippen LogP contribution < -0.4 is 0 Å². The molecule has 1 aromatic heterocycles. The summed E-state index contributed by atoms with van der Waals surface area (Å²) in [7, 11) is 0. The van der Waals surface area contributed by atoms with E-state index in [4.69, 9.17) is 5.41 Å². The number of rotatable bonds is 3. The van der Waals surface area contributed by atoms with Crippen molar-refractivity contribution in [1.29, 1.82) is 5.41 Å². The molecule has 2 aromatic rings. The Kier molecular flexibility index (Phi) is 3.89. The van der Waals surface area contributed by atoms with Crippen LogP contribution in [0.15, 0.2) is 29.3 Å². The first kappa shape index (κ1) is 15.6. The number of halogens is 2. The fourth-order valence-electron chi connectivity index (χ4n) is 2.44. The molecule has 120 valence electrons. The van der Waals surface area contributed by atoms with Crippen molar-refractivity contribution in [1.82, 2.24) is 9.88 Å². The van der Waals surface area contributed by atoms with Crippen LogP contribution in [-0.4, -0.2) is 33.4 Å². The Bertz CT molecular complexity index is 813. The van der Waals surface area contributed by atoms with Gasteiger partial charge in [0.25, 0.3) is 0 Å². The van der Waals surface area contributed by atoms with E-state index in [2.05, 4.69) is 4.98 Å². The maximum Gasteiger partial charge on any atom is 0.159 e. The Balaban J connectivity index is 1.95. The Hall–Kier alpha value is -2.28.